The summed E-state index contributed by atoms with van der Waals surface area (Å²) in [6, 6.07) is 0.217. The molecule has 4 fully saturated rings. The van der Waals surface area contributed by atoms with Gasteiger partial charge in [0.1, 0.15) is 0 Å². The molecule has 0 saturated heterocycles. The average Bonchev–Trinajstić information content (AvgIpc) is 3.03. The Kier molecular flexibility index (Phi) is 10.8. The molecule has 0 spiro atoms. The molecule has 0 aliphatic heterocycles. The summed E-state index contributed by atoms with van der Waals surface area (Å²) in [4.78, 5) is 0. The summed E-state index contributed by atoms with van der Waals surface area (Å²) in [5.41, 5.74) is 5.36. The summed E-state index contributed by atoms with van der Waals surface area (Å²) in [5.74, 6) is -86.0. The molecule has 2 nitrogen and oxygen atoms in total. The van der Waals surface area contributed by atoms with Crippen LogP contribution in [-0.2, 0) is 11.8 Å². The van der Waals surface area contributed by atoms with Crippen LogP contribution in [0, 0.1) is 0 Å². The molecule has 338 valence electrons. The van der Waals surface area contributed by atoms with E-state index in [1.165, 1.54) is 0 Å². The minimum absolute atomic E-state index is 0.0541. The van der Waals surface area contributed by atoms with Crippen molar-refractivity contribution in [3.8, 4) is 0 Å². The number of nitrogens with two attached hydrogens (primary N) is 2. The average molecular weight is 901 g/mol. The second-order valence-corrected chi connectivity index (χ2v) is 16.4. The van der Waals surface area contributed by atoms with E-state index in [2.05, 4.69) is 0 Å². The van der Waals surface area contributed by atoms with E-state index >= 15 is 52.7 Å². The molecule has 0 atom stereocenters. The molecule has 2 aromatic carbocycles. The van der Waals surface area contributed by atoms with Crippen LogP contribution in [-0.4, -0.2) is 47.4 Å². The first kappa shape index (κ1) is 46.2. The van der Waals surface area contributed by atoms with Crippen LogP contribution < -0.4 is 11.5 Å². The third-order valence-electron chi connectivity index (χ3n) is 12.9. The number of benzene rings is 2. The molecular formula is C38H36F20N2. The van der Waals surface area contributed by atoms with E-state index in [1.54, 1.807) is 0 Å². The predicted molar refractivity (Wildman–Crippen MR) is 175 cm³/mol. The lowest BCUT2D eigenvalue weighted by atomic mass is 9.73. The molecule has 0 amide bonds. The van der Waals surface area contributed by atoms with Crippen molar-refractivity contribution in [2.45, 2.75) is 160 Å². The molecule has 60 heavy (non-hydrogen) atoms. The van der Waals surface area contributed by atoms with E-state index in [9.17, 15) is 35.1 Å². The van der Waals surface area contributed by atoms with Crippen LogP contribution in [0.2, 0.25) is 0 Å². The van der Waals surface area contributed by atoms with Gasteiger partial charge < -0.3 is 11.5 Å². The lowest BCUT2D eigenvalue weighted by Crippen LogP contribution is -2.76. The molecule has 4 aliphatic carbocycles. The highest BCUT2D eigenvalue weighted by atomic mass is 19.4. The first-order valence-corrected chi connectivity index (χ1v) is 18.8. The number of anilines is 2. The van der Waals surface area contributed by atoms with Crippen LogP contribution in [0.3, 0.4) is 0 Å². The predicted octanol–water partition coefficient (Wildman–Crippen LogP) is 13.9. The van der Waals surface area contributed by atoms with Gasteiger partial charge in [0.05, 0.1) is 0 Å². The van der Waals surface area contributed by atoms with Crippen LogP contribution in [0.25, 0.3) is 0 Å². The fraction of sp³-hybridized carbons (Fsp3) is 0.684. The standard InChI is InChI=1S/C38H36F20N2/c39-29(40,21-13-23(17-5-1-6-17)27(59)24(14-21)18-7-2-8-18)31(43,44)33(47,48)35(51,52)37(55,56)38(57,58)36(53,54)34(49,50)32(45,46)30(41,42)22-15-25(19-9-3-10-19)28(60)26(16-22)20-11-4-12-20/h13-20H,1-12,59-60H2. The van der Waals surface area contributed by atoms with Crippen molar-refractivity contribution in [3.63, 3.8) is 0 Å². The number of alkyl halides is 20. The van der Waals surface area contributed by atoms with Crippen molar-refractivity contribution in [3.05, 3.63) is 57.6 Å². The lowest BCUT2D eigenvalue weighted by Gasteiger charge is -2.45. The van der Waals surface area contributed by atoms with Gasteiger partial charge in [-0.3, -0.25) is 0 Å². The van der Waals surface area contributed by atoms with E-state index in [0.29, 0.717) is 25.7 Å². The molecule has 22 heteroatoms. The van der Waals surface area contributed by atoms with E-state index in [1.807, 2.05) is 0 Å². The maximum Gasteiger partial charge on any atom is 0.385 e. The summed E-state index contributed by atoms with van der Waals surface area (Å²) in [6.45, 7) is 0. The van der Waals surface area contributed by atoms with Crippen molar-refractivity contribution >= 4 is 11.4 Å². The monoisotopic (exact) mass is 900 g/mol. The van der Waals surface area contributed by atoms with Gasteiger partial charge >= 0.3 is 59.2 Å². The van der Waals surface area contributed by atoms with Crippen LogP contribution in [0.4, 0.5) is 99.2 Å². The Hall–Kier alpha value is -3.36. The van der Waals surface area contributed by atoms with Gasteiger partial charge in [-0.25, -0.2) is 0 Å². The summed E-state index contributed by atoms with van der Waals surface area (Å²) in [5, 5.41) is 0. The van der Waals surface area contributed by atoms with Crippen LogP contribution in [0.5, 0.6) is 0 Å². The molecule has 0 aromatic heterocycles. The number of hydrogen-bond acceptors (Lipinski definition) is 2. The number of rotatable bonds is 15. The highest BCUT2D eigenvalue weighted by Gasteiger charge is 2.97. The van der Waals surface area contributed by atoms with E-state index in [0.717, 1.165) is 0 Å². The summed E-state index contributed by atoms with van der Waals surface area (Å²) in [7, 11) is 0. The molecular weight excluding hydrogens is 864 g/mol. The maximum atomic E-state index is 15.5. The molecule has 2 aromatic rings. The Morgan fingerprint density at radius 1 is 0.300 bits per heavy atom. The Balaban J connectivity index is 1.38. The third-order valence-corrected chi connectivity index (χ3v) is 12.9. The molecule has 0 unspecified atom stereocenters. The number of nitrogen functional groups attached to an aromatic ring is 2. The number of hydrogen-bond donors (Lipinski definition) is 2. The van der Waals surface area contributed by atoms with E-state index in [4.69, 9.17) is 11.5 Å². The molecule has 4 saturated carbocycles. The Morgan fingerprint density at radius 3 is 0.617 bits per heavy atom. The Morgan fingerprint density at radius 2 is 0.467 bits per heavy atom. The Labute approximate surface area is 328 Å². The highest BCUT2D eigenvalue weighted by Crippen LogP contribution is 2.68. The van der Waals surface area contributed by atoms with Crippen molar-refractivity contribution in [1.82, 2.24) is 0 Å². The van der Waals surface area contributed by atoms with Crippen molar-refractivity contribution < 1.29 is 87.8 Å². The maximum absolute atomic E-state index is 15.5. The van der Waals surface area contributed by atoms with Gasteiger partial charge in [0.2, 0.25) is 0 Å². The number of halogens is 20. The van der Waals surface area contributed by atoms with Gasteiger partial charge in [0.25, 0.3) is 0 Å². The van der Waals surface area contributed by atoms with Crippen molar-refractivity contribution in [2.75, 3.05) is 11.5 Å². The zero-order valence-corrected chi connectivity index (χ0v) is 30.8. The van der Waals surface area contributed by atoms with Crippen LogP contribution >= 0.6 is 0 Å². The summed E-state index contributed by atoms with van der Waals surface area (Å²) in [6.07, 6.45) is 3.03. The zero-order valence-electron chi connectivity index (χ0n) is 30.8. The second-order valence-electron chi connectivity index (χ2n) is 16.4. The van der Waals surface area contributed by atoms with Gasteiger partial charge in [-0.2, -0.15) is 87.8 Å². The van der Waals surface area contributed by atoms with Gasteiger partial charge in [0.15, 0.2) is 0 Å². The first-order chi connectivity index (χ1) is 27.2. The smallest absolute Gasteiger partial charge is 0.385 e. The molecule has 4 aliphatic rings. The fourth-order valence-electron chi connectivity index (χ4n) is 7.93. The van der Waals surface area contributed by atoms with Crippen molar-refractivity contribution in [2.24, 2.45) is 0 Å². The van der Waals surface area contributed by atoms with Gasteiger partial charge in [-0.05, 0) is 122 Å². The van der Waals surface area contributed by atoms with Gasteiger partial charge in [-0.1, -0.05) is 25.7 Å². The third kappa shape index (κ3) is 6.02. The Bertz CT molecular complexity index is 1750. The fourth-order valence-corrected chi connectivity index (χ4v) is 7.93. The highest BCUT2D eigenvalue weighted by molar-refractivity contribution is 5.61. The van der Waals surface area contributed by atoms with Crippen LogP contribution in [0.15, 0.2) is 24.3 Å². The van der Waals surface area contributed by atoms with Crippen LogP contribution in [0.1, 0.15) is 134 Å². The molecule has 4 N–H and O–H groups in total. The van der Waals surface area contributed by atoms with Gasteiger partial charge in [-0.15, -0.1) is 0 Å². The normalized spacial score (nSPS) is 20.4. The minimum atomic E-state index is -9.10. The first-order valence-electron chi connectivity index (χ1n) is 18.8. The molecule has 6 rings (SSSR count). The largest absolute Gasteiger partial charge is 0.398 e. The molecule has 0 radical (unpaired) electrons. The minimum Gasteiger partial charge on any atom is -0.398 e. The lowest BCUT2D eigenvalue weighted by molar-refractivity contribution is -0.470. The van der Waals surface area contributed by atoms with Gasteiger partial charge in [0, 0.05) is 22.5 Å². The summed E-state index contributed by atoms with van der Waals surface area (Å²) < 4.78 is 303. The molecule has 0 bridgehead atoms. The van der Waals surface area contributed by atoms with E-state index in [-0.39, 0.29) is 109 Å². The SMILES string of the molecule is Nc1c(C2CCC2)cc(C(F)(F)C(F)(F)C(F)(F)C(F)(F)C(F)(F)C(F)(F)C(F)(F)C(F)(F)C(F)(F)C(F)(F)c2cc(C3CCC3)c(N)c(C3CCC3)c2)cc1C1CCC1. The van der Waals surface area contributed by atoms with E-state index < -0.39 is 94.0 Å². The molecule has 0 heterocycles. The topological polar surface area (TPSA) is 52.0 Å². The quantitative estimate of drug-likeness (QED) is 0.138. The summed E-state index contributed by atoms with van der Waals surface area (Å²) >= 11 is 0. The zero-order chi connectivity index (χ0) is 45.2. The second kappa shape index (κ2) is 14.1. The van der Waals surface area contributed by atoms with Crippen molar-refractivity contribution in [1.29, 1.82) is 0 Å².